The van der Waals surface area contributed by atoms with Crippen molar-refractivity contribution in [1.29, 1.82) is 0 Å². The number of carbonyl (C=O) groups is 2. The SMILES string of the molecule is CCOC(=O)c1c(NC(=O)CN(C)Cc2cnn(C)c2)sc(C)c1C. The molecule has 7 nitrogen and oxygen atoms in total. The van der Waals surface area contributed by atoms with E-state index in [-0.39, 0.29) is 12.5 Å². The highest BCUT2D eigenvalue weighted by Crippen LogP contribution is 2.33. The first kappa shape index (κ1) is 19.1. The summed E-state index contributed by atoms with van der Waals surface area (Å²) in [5.41, 5.74) is 2.34. The predicted octanol–water partition coefficient (Wildman–Crippen LogP) is 2.35. The first-order valence-corrected chi connectivity index (χ1v) is 8.86. The number of carbonyl (C=O) groups excluding carboxylic acids is 2. The van der Waals surface area contributed by atoms with Crippen LogP contribution in [0, 0.1) is 13.8 Å². The molecule has 0 aliphatic rings. The number of amides is 1. The maximum Gasteiger partial charge on any atom is 0.341 e. The Hall–Kier alpha value is -2.19. The molecule has 2 heterocycles. The Bertz CT molecular complexity index is 766. The summed E-state index contributed by atoms with van der Waals surface area (Å²) in [4.78, 5) is 27.4. The summed E-state index contributed by atoms with van der Waals surface area (Å²) < 4.78 is 6.83. The van der Waals surface area contributed by atoms with Gasteiger partial charge < -0.3 is 10.1 Å². The Kier molecular flexibility index (Phi) is 6.33. The van der Waals surface area contributed by atoms with Crippen molar-refractivity contribution in [2.45, 2.75) is 27.3 Å². The van der Waals surface area contributed by atoms with Gasteiger partial charge in [-0.05, 0) is 33.4 Å². The van der Waals surface area contributed by atoms with Crippen molar-refractivity contribution in [3.63, 3.8) is 0 Å². The molecule has 0 fully saturated rings. The fourth-order valence-electron chi connectivity index (χ4n) is 2.50. The number of aromatic nitrogens is 2. The molecular weight excluding hydrogens is 340 g/mol. The number of esters is 1. The van der Waals surface area contributed by atoms with Crippen molar-refractivity contribution >= 4 is 28.2 Å². The van der Waals surface area contributed by atoms with E-state index in [4.69, 9.17) is 4.74 Å². The number of nitrogens with zero attached hydrogens (tertiary/aromatic N) is 3. The van der Waals surface area contributed by atoms with E-state index in [9.17, 15) is 9.59 Å². The van der Waals surface area contributed by atoms with Crippen molar-refractivity contribution in [3.8, 4) is 0 Å². The normalized spacial score (nSPS) is 11.0. The van der Waals surface area contributed by atoms with Gasteiger partial charge in [-0.25, -0.2) is 4.79 Å². The quantitative estimate of drug-likeness (QED) is 0.763. The van der Waals surface area contributed by atoms with Crippen LogP contribution in [0.25, 0.3) is 0 Å². The highest BCUT2D eigenvalue weighted by atomic mass is 32.1. The fraction of sp³-hybridized carbons (Fsp3) is 0.471. The van der Waals surface area contributed by atoms with Crippen LogP contribution in [-0.4, -0.2) is 46.8 Å². The first-order chi connectivity index (χ1) is 11.8. The molecule has 1 N–H and O–H groups in total. The van der Waals surface area contributed by atoms with E-state index in [0.717, 1.165) is 16.0 Å². The maximum atomic E-state index is 12.4. The predicted molar refractivity (Wildman–Crippen MR) is 97.9 cm³/mol. The first-order valence-electron chi connectivity index (χ1n) is 8.04. The molecule has 2 rings (SSSR count). The highest BCUT2D eigenvalue weighted by molar-refractivity contribution is 7.16. The molecule has 0 saturated heterocycles. The summed E-state index contributed by atoms with van der Waals surface area (Å²) in [5.74, 6) is -0.568. The van der Waals surface area contributed by atoms with Gasteiger partial charge in [0.05, 0.1) is 24.9 Å². The molecule has 0 aliphatic heterocycles. The second kappa shape index (κ2) is 8.26. The second-order valence-corrected chi connectivity index (χ2v) is 7.18. The standard InChI is InChI=1S/C17H24N4O3S/c1-6-24-17(23)15-11(2)12(3)25-16(15)19-14(22)10-20(4)8-13-7-18-21(5)9-13/h7,9H,6,8,10H2,1-5H3,(H,19,22). The minimum absolute atomic E-state index is 0.168. The summed E-state index contributed by atoms with van der Waals surface area (Å²) in [7, 11) is 3.72. The van der Waals surface area contributed by atoms with Gasteiger partial charge in [-0.3, -0.25) is 14.4 Å². The van der Waals surface area contributed by atoms with Crippen LogP contribution < -0.4 is 5.32 Å². The summed E-state index contributed by atoms with van der Waals surface area (Å²) >= 11 is 1.39. The monoisotopic (exact) mass is 364 g/mol. The Morgan fingerprint density at radius 2 is 2.12 bits per heavy atom. The van der Waals surface area contributed by atoms with Crippen LogP contribution in [0.1, 0.15) is 33.3 Å². The lowest BCUT2D eigenvalue weighted by Gasteiger charge is -2.15. The Labute approximate surface area is 151 Å². The molecule has 0 radical (unpaired) electrons. The lowest BCUT2D eigenvalue weighted by Crippen LogP contribution is -2.30. The minimum atomic E-state index is -0.400. The van der Waals surface area contributed by atoms with Crippen molar-refractivity contribution in [3.05, 3.63) is 34.0 Å². The number of hydrogen-bond acceptors (Lipinski definition) is 6. The van der Waals surface area contributed by atoms with Gasteiger partial charge in [-0.2, -0.15) is 5.10 Å². The highest BCUT2D eigenvalue weighted by Gasteiger charge is 2.22. The zero-order valence-electron chi connectivity index (χ0n) is 15.3. The van der Waals surface area contributed by atoms with Crippen molar-refractivity contribution in [1.82, 2.24) is 14.7 Å². The summed E-state index contributed by atoms with van der Waals surface area (Å²) in [6.07, 6.45) is 3.69. The van der Waals surface area contributed by atoms with E-state index in [0.29, 0.717) is 23.7 Å². The second-order valence-electron chi connectivity index (χ2n) is 5.95. The minimum Gasteiger partial charge on any atom is -0.462 e. The fourth-order valence-corrected chi connectivity index (χ4v) is 3.56. The zero-order valence-corrected chi connectivity index (χ0v) is 16.1. The van der Waals surface area contributed by atoms with E-state index in [1.165, 1.54) is 11.3 Å². The van der Waals surface area contributed by atoms with E-state index in [1.54, 1.807) is 17.8 Å². The molecule has 2 aromatic heterocycles. The third-order valence-corrected chi connectivity index (χ3v) is 4.86. The van der Waals surface area contributed by atoms with E-state index in [1.807, 2.05) is 39.0 Å². The molecule has 0 spiro atoms. The molecular formula is C17H24N4O3S. The molecule has 0 unspecified atom stereocenters. The number of thiophene rings is 1. The number of likely N-dealkylation sites (N-methyl/N-ethyl adjacent to an activating group) is 1. The topological polar surface area (TPSA) is 76.5 Å². The molecule has 0 atom stereocenters. The number of aryl methyl sites for hydroxylation is 2. The van der Waals surface area contributed by atoms with Crippen LogP contribution in [0.3, 0.4) is 0 Å². The van der Waals surface area contributed by atoms with Gasteiger partial charge in [-0.1, -0.05) is 0 Å². The van der Waals surface area contributed by atoms with Crippen LogP contribution in [0.4, 0.5) is 5.00 Å². The van der Waals surface area contributed by atoms with Crippen LogP contribution in [-0.2, 0) is 23.1 Å². The molecule has 2 aromatic rings. The summed E-state index contributed by atoms with van der Waals surface area (Å²) in [6.45, 7) is 6.68. The van der Waals surface area contributed by atoms with Gasteiger partial charge in [0.2, 0.25) is 5.91 Å². The van der Waals surface area contributed by atoms with Gasteiger partial charge in [0.15, 0.2) is 0 Å². The van der Waals surface area contributed by atoms with Gasteiger partial charge in [0.25, 0.3) is 0 Å². The number of hydrogen-bond donors (Lipinski definition) is 1. The summed E-state index contributed by atoms with van der Waals surface area (Å²) in [6, 6.07) is 0. The number of anilines is 1. The Morgan fingerprint density at radius 1 is 1.40 bits per heavy atom. The van der Waals surface area contributed by atoms with E-state index in [2.05, 4.69) is 10.4 Å². The van der Waals surface area contributed by atoms with Crippen molar-refractivity contribution in [2.24, 2.45) is 7.05 Å². The molecule has 0 bridgehead atoms. The van der Waals surface area contributed by atoms with Gasteiger partial charge in [0.1, 0.15) is 5.00 Å². The largest absolute Gasteiger partial charge is 0.462 e. The molecule has 1 amide bonds. The van der Waals surface area contributed by atoms with Gasteiger partial charge in [-0.15, -0.1) is 11.3 Å². The molecule has 0 saturated carbocycles. The average Bonchev–Trinajstić information content (AvgIpc) is 3.03. The number of nitrogens with one attached hydrogen (secondary N) is 1. The molecule has 136 valence electrons. The smallest absolute Gasteiger partial charge is 0.341 e. The third kappa shape index (κ3) is 4.90. The Balaban J connectivity index is 2.02. The number of ether oxygens (including phenoxy) is 1. The molecule has 0 aromatic carbocycles. The van der Waals surface area contributed by atoms with Gasteiger partial charge in [0, 0.05) is 30.2 Å². The average molecular weight is 364 g/mol. The van der Waals surface area contributed by atoms with Crippen molar-refractivity contribution in [2.75, 3.05) is 25.5 Å². The molecule has 0 aliphatic carbocycles. The number of rotatable bonds is 7. The Morgan fingerprint density at radius 3 is 2.72 bits per heavy atom. The van der Waals surface area contributed by atoms with E-state index >= 15 is 0 Å². The molecule has 8 heteroatoms. The van der Waals surface area contributed by atoms with Crippen LogP contribution >= 0.6 is 11.3 Å². The van der Waals surface area contributed by atoms with Crippen molar-refractivity contribution < 1.29 is 14.3 Å². The van der Waals surface area contributed by atoms with E-state index < -0.39 is 5.97 Å². The van der Waals surface area contributed by atoms with Gasteiger partial charge >= 0.3 is 5.97 Å². The van der Waals surface area contributed by atoms with Crippen LogP contribution in [0.15, 0.2) is 12.4 Å². The van der Waals surface area contributed by atoms with Crippen LogP contribution in [0.5, 0.6) is 0 Å². The lowest BCUT2D eigenvalue weighted by molar-refractivity contribution is -0.117. The maximum absolute atomic E-state index is 12.4. The zero-order chi connectivity index (χ0) is 18.6. The lowest BCUT2D eigenvalue weighted by atomic mass is 10.1. The third-order valence-electron chi connectivity index (χ3n) is 3.74. The van der Waals surface area contributed by atoms with Crippen LogP contribution in [0.2, 0.25) is 0 Å². The summed E-state index contributed by atoms with van der Waals surface area (Å²) in [5, 5.41) is 7.52. The molecule has 25 heavy (non-hydrogen) atoms.